The van der Waals surface area contributed by atoms with Crippen molar-refractivity contribution in [3.05, 3.63) is 82.3 Å². The Kier molecular flexibility index (Phi) is 5.60. The van der Waals surface area contributed by atoms with Crippen molar-refractivity contribution in [2.45, 2.75) is 26.2 Å². The number of benzene rings is 2. The topological polar surface area (TPSA) is 91.0 Å². The monoisotopic (exact) mass is 439 g/mol. The molecular formula is C26H25N5O2. The van der Waals surface area contributed by atoms with Crippen molar-refractivity contribution in [3.63, 3.8) is 0 Å². The lowest BCUT2D eigenvalue weighted by atomic mass is 10.1. The second-order valence-corrected chi connectivity index (χ2v) is 8.22. The number of aryl methyl sites for hydroxylation is 1. The number of pyridine rings is 1. The van der Waals surface area contributed by atoms with Gasteiger partial charge >= 0.3 is 0 Å². The number of nitrogens with one attached hydrogen (secondary N) is 2. The van der Waals surface area contributed by atoms with Gasteiger partial charge in [0.15, 0.2) is 0 Å². The normalized spacial score (nSPS) is 13.4. The lowest BCUT2D eigenvalue weighted by Gasteiger charge is -2.20. The SMILES string of the molecule is CCc1cc(=O)[nH]c(-c2cccc(NC(=O)c3cc4ccccc4nc3N3CCCC3)c2)n1. The van der Waals surface area contributed by atoms with Crippen LogP contribution >= 0.6 is 0 Å². The third-order valence-electron chi connectivity index (χ3n) is 5.90. The molecule has 0 saturated carbocycles. The summed E-state index contributed by atoms with van der Waals surface area (Å²) in [6.07, 6.45) is 2.86. The largest absolute Gasteiger partial charge is 0.356 e. The van der Waals surface area contributed by atoms with Crippen LogP contribution in [0.2, 0.25) is 0 Å². The molecule has 2 aromatic heterocycles. The molecule has 0 aliphatic carbocycles. The van der Waals surface area contributed by atoms with Crippen molar-refractivity contribution in [2.24, 2.45) is 0 Å². The fourth-order valence-corrected chi connectivity index (χ4v) is 4.21. The number of fused-ring (bicyclic) bond motifs is 1. The standard InChI is InChI=1S/C26H25N5O2/c1-2-19-16-23(32)30-24(27-19)18-9-7-10-20(14-18)28-26(33)21-15-17-8-3-4-11-22(17)29-25(21)31-12-5-6-13-31/h3-4,7-11,14-16H,2,5-6,12-13H2,1H3,(H,28,33)(H,27,30,32). The second kappa shape index (κ2) is 8.86. The maximum atomic E-state index is 13.4. The molecule has 0 atom stereocenters. The number of amides is 1. The number of hydrogen-bond acceptors (Lipinski definition) is 5. The zero-order valence-electron chi connectivity index (χ0n) is 18.5. The van der Waals surface area contributed by atoms with Crippen molar-refractivity contribution in [3.8, 4) is 11.4 Å². The Balaban J connectivity index is 1.49. The minimum Gasteiger partial charge on any atom is -0.356 e. The lowest BCUT2D eigenvalue weighted by molar-refractivity contribution is 0.102. The van der Waals surface area contributed by atoms with E-state index in [1.54, 1.807) is 0 Å². The summed E-state index contributed by atoms with van der Waals surface area (Å²) in [6.45, 7) is 3.75. The van der Waals surface area contributed by atoms with E-state index in [0.717, 1.165) is 53.9 Å². The van der Waals surface area contributed by atoms with E-state index in [-0.39, 0.29) is 11.5 Å². The number of aromatic amines is 1. The Morgan fingerprint density at radius 3 is 2.67 bits per heavy atom. The number of nitrogens with zero attached hydrogens (tertiary/aromatic N) is 3. The lowest BCUT2D eigenvalue weighted by Crippen LogP contribution is -2.24. The molecule has 0 bridgehead atoms. The molecule has 1 aliphatic rings. The Morgan fingerprint density at radius 1 is 1.03 bits per heavy atom. The minimum atomic E-state index is -0.212. The summed E-state index contributed by atoms with van der Waals surface area (Å²) in [6, 6.07) is 18.6. The van der Waals surface area contributed by atoms with Crippen LogP contribution in [0.5, 0.6) is 0 Å². The molecule has 0 unspecified atom stereocenters. The summed E-state index contributed by atoms with van der Waals surface area (Å²) in [4.78, 5) is 39.7. The third kappa shape index (κ3) is 4.35. The first-order valence-electron chi connectivity index (χ1n) is 11.3. The van der Waals surface area contributed by atoms with Gasteiger partial charge in [-0.15, -0.1) is 0 Å². The predicted molar refractivity (Wildman–Crippen MR) is 131 cm³/mol. The van der Waals surface area contributed by atoms with Gasteiger partial charge in [-0.2, -0.15) is 0 Å². The van der Waals surface area contributed by atoms with Gasteiger partial charge in [0.25, 0.3) is 11.5 Å². The van der Waals surface area contributed by atoms with Crippen LogP contribution in [0.4, 0.5) is 11.5 Å². The van der Waals surface area contributed by atoms with Gasteiger partial charge in [-0.25, -0.2) is 9.97 Å². The van der Waals surface area contributed by atoms with Crippen molar-refractivity contribution >= 4 is 28.3 Å². The number of para-hydroxylation sites is 1. The van der Waals surface area contributed by atoms with E-state index >= 15 is 0 Å². The van der Waals surface area contributed by atoms with Gasteiger partial charge in [0.1, 0.15) is 11.6 Å². The van der Waals surface area contributed by atoms with Gasteiger partial charge in [0, 0.05) is 41.5 Å². The van der Waals surface area contributed by atoms with Gasteiger partial charge in [0.05, 0.1) is 11.1 Å². The maximum absolute atomic E-state index is 13.4. The number of aromatic nitrogens is 3. The molecule has 1 amide bonds. The van der Waals surface area contributed by atoms with Gasteiger partial charge in [-0.1, -0.05) is 37.3 Å². The number of rotatable bonds is 5. The van der Waals surface area contributed by atoms with Crippen LogP contribution in [-0.2, 0) is 6.42 Å². The highest BCUT2D eigenvalue weighted by Crippen LogP contribution is 2.28. The summed E-state index contributed by atoms with van der Waals surface area (Å²) in [5, 5.41) is 3.94. The molecule has 1 saturated heterocycles. The quantitative estimate of drug-likeness (QED) is 0.481. The highest BCUT2D eigenvalue weighted by Gasteiger charge is 2.22. The maximum Gasteiger partial charge on any atom is 0.259 e. The summed E-state index contributed by atoms with van der Waals surface area (Å²) >= 11 is 0. The fourth-order valence-electron chi connectivity index (χ4n) is 4.21. The number of H-pyrrole nitrogens is 1. The molecule has 1 fully saturated rings. The molecule has 33 heavy (non-hydrogen) atoms. The van der Waals surface area contributed by atoms with E-state index < -0.39 is 0 Å². The molecule has 4 aromatic rings. The van der Waals surface area contributed by atoms with Gasteiger partial charge < -0.3 is 15.2 Å². The molecule has 166 valence electrons. The Bertz CT molecular complexity index is 1390. The second-order valence-electron chi connectivity index (χ2n) is 8.22. The summed E-state index contributed by atoms with van der Waals surface area (Å²) < 4.78 is 0. The van der Waals surface area contributed by atoms with E-state index in [9.17, 15) is 9.59 Å². The van der Waals surface area contributed by atoms with E-state index in [4.69, 9.17) is 4.98 Å². The average Bonchev–Trinajstić information content (AvgIpc) is 3.38. The van der Waals surface area contributed by atoms with E-state index in [1.165, 1.54) is 6.07 Å². The van der Waals surface area contributed by atoms with Gasteiger partial charge in [-0.3, -0.25) is 9.59 Å². The summed E-state index contributed by atoms with van der Waals surface area (Å²) in [7, 11) is 0. The average molecular weight is 440 g/mol. The zero-order valence-corrected chi connectivity index (χ0v) is 18.5. The highest BCUT2D eigenvalue weighted by atomic mass is 16.1. The van der Waals surface area contributed by atoms with Gasteiger partial charge in [0.2, 0.25) is 0 Å². The Labute approximate surface area is 191 Å². The number of carbonyl (C=O) groups is 1. The van der Waals surface area contributed by atoms with Crippen LogP contribution in [-0.4, -0.2) is 33.9 Å². The van der Waals surface area contributed by atoms with Crippen molar-refractivity contribution < 1.29 is 4.79 Å². The molecule has 0 radical (unpaired) electrons. The summed E-state index contributed by atoms with van der Waals surface area (Å²) in [5.74, 6) is 0.998. The predicted octanol–water partition coefficient (Wildman–Crippen LogP) is 4.40. The van der Waals surface area contributed by atoms with Crippen molar-refractivity contribution in [1.29, 1.82) is 0 Å². The van der Waals surface area contributed by atoms with Crippen LogP contribution in [0, 0.1) is 0 Å². The first kappa shape index (κ1) is 20.9. The third-order valence-corrected chi connectivity index (χ3v) is 5.90. The van der Waals surface area contributed by atoms with E-state index in [1.807, 2.05) is 61.5 Å². The molecule has 0 spiro atoms. The fraction of sp³-hybridized carbons (Fsp3) is 0.231. The van der Waals surface area contributed by atoms with E-state index in [0.29, 0.717) is 23.5 Å². The highest BCUT2D eigenvalue weighted by molar-refractivity contribution is 6.09. The first-order valence-corrected chi connectivity index (χ1v) is 11.3. The van der Waals surface area contributed by atoms with Crippen LogP contribution in [0.15, 0.2) is 65.5 Å². The summed E-state index contributed by atoms with van der Waals surface area (Å²) in [5.41, 5.74) is 3.33. The number of hydrogen-bond donors (Lipinski definition) is 2. The Morgan fingerprint density at radius 2 is 1.85 bits per heavy atom. The molecule has 5 rings (SSSR count). The zero-order chi connectivity index (χ0) is 22.8. The molecule has 2 aromatic carbocycles. The van der Waals surface area contributed by atoms with Crippen LogP contribution in [0.1, 0.15) is 35.8 Å². The molecule has 1 aliphatic heterocycles. The van der Waals surface area contributed by atoms with Crippen LogP contribution in [0.3, 0.4) is 0 Å². The molecule has 3 heterocycles. The molecule has 2 N–H and O–H groups in total. The first-order chi connectivity index (χ1) is 16.1. The van der Waals surface area contributed by atoms with Crippen molar-refractivity contribution in [1.82, 2.24) is 15.0 Å². The molecule has 7 heteroatoms. The number of carbonyl (C=O) groups excluding carboxylic acids is 1. The smallest absolute Gasteiger partial charge is 0.259 e. The van der Waals surface area contributed by atoms with E-state index in [2.05, 4.69) is 20.2 Å². The molecular weight excluding hydrogens is 414 g/mol. The minimum absolute atomic E-state index is 0.191. The van der Waals surface area contributed by atoms with Crippen LogP contribution in [0.25, 0.3) is 22.3 Å². The van der Waals surface area contributed by atoms with Crippen molar-refractivity contribution in [2.75, 3.05) is 23.3 Å². The molecule has 7 nitrogen and oxygen atoms in total. The van der Waals surface area contributed by atoms with Gasteiger partial charge in [-0.05, 0) is 43.5 Å². The van der Waals surface area contributed by atoms with Crippen LogP contribution < -0.4 is 15.8 Å². The number of anilines is 2. The Hall–Kier alpha value is -4.00.